The summed E-state index contributed by atoms with van der Waals surface area (Å²) >= 11 is 6.00. The normalized spacial score (nSPS) is 27.7. The van der Waals surface area contributed by atoms with Crippen molar-refractivity contribution in [3.8, 4) is 0 Å². The second-order valence-electron chi connectivity index (χ2n) is 6.27. The summed E-state index contributed by atoms with van der Waals surface area (Å²) in [4.78, 5) is 0. The first kappa shape index (κ1) is 15.9. The van der Waals surface area contributed by atoms with Crippen LogP contribution in [0.4, 0.5) is 0 Å². The van der Waals surface area contributed by atoms with Crippen molar-refractivity contribution in [1.82, 2.24) is 5.32 Å². The molecule has 4 atom stereocenters. The SMILES string of the molecule is CCCC(NC1CCC(CC)C1C)c1ccc(Cl)cc1. The van der Waals surface area contributed by atoms with Crippen LogP contribution >= 0.6 is 11.6 Å². The largest absolute Gasteiger partial charge is 0.307 e. The zero-order chi connectivity index (χ0) is 14.5. The van der Waals surface area contributed by atoms with Crippen LogP contribution in [0.5, 0.6) is 0 Å². The lowest BCUT2D eigenvalue weighted by atomic mass is 9.92. The van der Waals surface area contributed by atoms with Gasteiger partial charge in [0.25, 0.3) is 0 Å². The fraction of sp³-hybridized carbons (Fsp3) is 0.667. The highest BCUT2D eigenvalue weighted by atomic mass is 35.5. The quantitative estimate of drug-likeness (QED) is 0.720. The molecule has 0 bridgehead atoms. The molecule has 1 aromatic rings. The number of rotatable bonds is 6. The number of nitrogens with one attached hydrogen (secondary N) is 1. The van der Waals surface area contributed by atoms with Gasteiger partial charge in [0.05, 0.1) is 0 Å². The van der Waals surface area contributed by atoms with Crippen molar-refractivity contribution in [2.75, 3.05) is 0 Å². The van der Waals surface area contributed by atoms with E-state index in [1.54, 1.807) is 0 Å². The van der Waals surface area contributed by atoms with Gasteiger partial charge in [-0.2, -0.15) is 0 Å². The Labute approximate surface area is 129 Å². The highest BCUT2D eigenvalue weighted by Crippen LogP contribution is 2.35. The maximum atomic E-state index is 6.00. The monoisotopic (exact) mass is 293 g/mol. The van der Waals surface area contributed by atoms with Crippen LogP contribution in [0.15, 0.2) is 24.3 Å². The van der Waals surface area contributed by atoms with Gasteiger partial charge in [0.1, 0.15) is 0 Å². The van der Waals surface area contributed by atoms with Gasteiger partial charge in [-0.15, -0.1) is 0 Å². The second-order valence-corrected chi connectivity index (χ2v) is 6.71. The Morgan fingerprint density at radius 3 is 2.45 bits per heavy atom. The molecule has 0 saturated heterocycles. The smallest absolute Gasteiger partial charge is 0.0406 e. The number of hydrogen-bond acceptors (Lipinski definition) is 1. The lowest BCUT2D eigenvalue weighted by molar-refractivity contribution is 0.314. The van der Waals surface area contributed by atoms with Crippen molar-refractivity contribution in [1.29, 1.82) is 0 Å². The van der Waals surface area contributed by atoms with Crippen molar-refractivity contribution in [3.63, 3.8) is 0 Å². The summed E-state index contributed by atoms with van der Waals surface area (Å²) in [5, 5.41) is 4.75. The van der Waals surface area contributed by atoms with Crippen LogP contribution in [0, 0.1) is 11.8 Å². The molecule has 20 heavy (non-hydrogen) atoms. The number of hydrogen-bond donors (Lipinski definition) is 1. The zero-order valence-corrected chi connectivity index (χ0v) is 13.8. The minimum absolute atomic E-state index is 0.473. The standard InChI is InChI=1S/C18H28ClN/c1-4-6-18(15-7-10-16(19)11-8-15)20-17-12-9-14(5-2)13(17)3/h7-8,10-11,13-14,17-18,20H,4-6,9,12H2,1-3H3. The van der Waals surface area contributed by atoms with Crippen LogP contribution in [0.25, 0.3) is 0 Å². The summed E-state index contributed by atoms with van der Waals surface area (Å²) in [6, 6.07) is 9.51. The van der Waals surface area contributed by atoms with Crippen molar-refractivity contribution in [2.45, 2.75) is 65.0 Å². The Kier molecular flexibility index (Phi) is 5.92. The molecule has 0 heterocycles. The van der Waals surface area contributed by atoms with E-state index in [-0.39, 0.29) is 0 Å². The van der Waals surface area contributed by atoms with Crippen molar-refractivity contribution in [2.24, 2.45) is 11.8 Å². The van der Waals surface area contributed by atoms with Crippen LogP contribution in [0.1, 0.15) is 64.5 Å². The molecule has 0 aromatic heterocycles. The van der Waals surface area contributed by atoms with Gasteiger partial charge in [-0.1, -0.05) is 57.3 Å². The first-order chi connectivity index (χ1) is 9.65. The van der Waals surface area contributed by atoms with E-state index in [4.69, 9.17) is 11.6 Å². The highest BCUT2D eigenvalue weighted by molar-refractivity contribution is 6.30. The zero-order valence-electron chi connectivity index (χ0n) is 13.0. The minimum Gasteiger partial charge on any atom is -0.307 e. The molecule has 1 aliphatic rings. The molecule has 2 rings (SSSR count). The van der Waals surface area contributed by atoms with Gasteiger partial charge in [0.2, 0.25) is 0 Å². The molecule has 0 aliphatic heterocycles. The molecule has 0 radical (unpaired) electrons. The predicted molar refractivity (Wildman–Crippen MR) is 88.2 cm³/mol. The molecule has 1 fully saturated rings. The third-order valence-corrected chi connectivity index (χ3v) is 5.27. The van der Waals surface area contributed by atoms with E-state index in [0.717, 1.165) is 16.9 Å². The first-order valence-corrected chi connectivity index (χ1v) is 8.55. The second kappa shape index (κ2) is 7.47. The van der Waals surface area contributed by atoms with Crippen LogP contribution in [-0.2, 0) is 0 Å². The van der Waals surface area contributed by atoms with E-state index in [2.05, 4.69) is 38.2 Å². The Hall–Kier alpha value is -0.530. The van der Waals surface area contributed by atoms with Crippen LogP contribution < -0.4 is 5.32 Å². The van der Waals surface area contributed by atoms with Gasteiger partial charge in [0, 0.05) is 17.1 Å². The van der Waals surface area contributed by atoms with Crippen LogP contribution in [0.2, 0.25) is 5.02 Å². The van der Waals surface area contributed by atoms with Crippen LogP contribution in [-0.4, -0.2) is 6.04 Å². The summed E-state index contributed by atoms with van der Waals surface area (Å²) in [5.74, 6) is 1.70. The Morgan fingerprint density at radius 2 is 1.90 bits per heavy atom. The molecule has 2 heteroatoms. The molecule has 1 saturated carbocycles. The lowest BCUT2D eigenvalue weighted by Crippen LogP contribution is -2.35. The van der Waals surface area contributed by atoms with Gasteiger partial charge < -0.3 is 5.32 Å². The van der Waals surface area contributed by atoms with Gasteiger partial charge in [0.15, 0.2) is 0 Å². The summed E-state index contributed by atoms with van der Waals surface area (Å²) in [7, 11) is 0. The molecular formula is C18H28ClN. The lowest BCUT2D eigenvalue weighted by Gasteiger charge is -2.27. The van der Waals surface area contributed by atoms with Gasteiger partial charge >= 0.3 is 0 Å². The van der Waals surface area contributed by atoms with Crippen LogP contribution in [0.3, 0.4) is 0 Å². The van der Waals surface area contributed by atoms with E-state index in [9.17, 15) is 0 Å². The average molecular weight is 294 g/mol. The Morgan fingerprint density at radius 1 is 1.20 bits per heavy atom. The first-order valence-electron chi connectivity index (χ1n) is 8.17. The maximum absolute atomic E-state index is 6.00. The molecule has 0 amide bonds. The van der Waals surface area contributed by atoms with E-state index >= 15 is 0 Å². The molecule has 1 N–H and O–H groups in total. The average Bonchev–Trinajstić information content (AvgIpc) is 2.80. The summed E-state index contributed by atoms with van der Waals surface area (Å²) in [6.07, 6.45) is 6.43. The Balaban J connectivity index is 2.04. The fourth-order valence-electron chi connectivity index (χ4n) is 3.65. The third kappa shape index (κ3) is 3.77. The van der Waals surface area contributed by atoms with Gasteiger partial charge in [-0.05, 0) is 48.8 Å². The third-order valence-electron chi connectivity index (χ3n) is 5.02. The predicted octanol–water partition coefficient (Wildman–Crippen LogP) is 5.60. The van der Waals surface area contributed by atoms with Crippen molar-refractivity contribution in [3.05, 3.63) is 34.9 Å². The maximum Gasteiger partial charge on any atom is 0.0406 e. The fourth-order valence-corrected chi connectivity index (χ4v) is 3.77. The summed E-state index contributed by atoms with van der Waals surface area (Å²) in [6.45, 7) is 7.01. The molecular weight excluding hydrogens is 266 g/mol. The minimum atomic E-state index is 0.473. The summed E-state index contributed by atoms with van der Waals surface area (Å²) < 4.78 is 0. The molecule has 4 unspecified atom stereocenters. The van der Waals surface area contributed by atoms with E-state index < -0.39 is 0 Å². The van der Waals surface area contributed by atoms with E-state index in [1.807, 2.05) is 12.1 Å². The van der Waals surface area contributed by atoms with Crippen molar-refractivity contribution < 1.29 is 0 Å². The summed E-state index contributed by atoms with van der Waals surface area (Å²) in [5.41, 5.74) is 1.38. The molecule has 112 valence electrons. The highest BCUT2D eigenvalue weighted by Gasteiger charge is 2.32. The molecule has 1 nitrogen and oxygen atoms in total. The molecule has 1 aliphatic carbocycles. The number of benzene rings is 1. The van der Waals surface area contributed by atoms with Crippen molar-refractivity contribution >= 4 is 11.6 Å². The molecule has 0 spiro atoms. The molecule has 1 aromatic carbocycles. The van der Waals surface area contributed by atoms with Gasteiger partial charge in [-0.25, -0.2) is 0 Å². The topological polar surface area (TPSA) is 12.0 Å². The van der Waals surface area contributed by atoms with Gasteiger partial charge in [-0.3, -0.25) is 0 Å². The van der Waals surface area contributed by atoms with E-state index in [1.165, 1.54) is 37.7 Å². The number of halogens is 1. The Bertz CT molecular complexity index is 400. The van der Waals surface area contributed by atoms with E-state index in [0.29, 0.717) is 12.1 Å².